The summed E-state index contributed by atoms with van der Waals surface area (Å²) < 4.78 is 10.4. The van der Waals surface area contributed by atoms with E-state index in [-0.39, 0.29) is 70.2 Å². The van der Waals surface area contributed by atoms with Crippen molar-refractivity contribution in [2.24, 2.45) is 0 Å². The minimum atomic E-state index is -0.503. The molecule has 0 fully saturated rings. The molecular formula is C18H18KO4. The number of hydrogen-bond acceptors (Lipinski definition) is 4. The monoisotopic (exact) mass is 337 g/mol. The second kappa shape index (κ2) is 10.7. The molecule has 0 aliphatic carbocycles. The van der Waals surface area contributed by atoms with Crippen molar-refractivity contribution in [2.45, 2.75) is 20.0 Å². The Morgan fingerprint density at radius 1 is 0.957 bits per heavy atom. The van der Waals surface area contributed by atoms with Gasteiger partial charge in [-0.25, -0.2) is 0 Å². The fourth-order valence-electron chi connectivity index (χ4n) is 1.92. The molecule has 0 aliphatic rings. The molecule has 0 aliphatic heterocycles. The molecule has 0 amide bonds. The zero-order valence-corrected chi connectivity index (χ0v) is 16.6. The van der Waals surface area contributed by atoms with Crippen molar-refractivity contribution in [1.29, 1.82) is 0 Å². The van der Waals surface area contributed by atoms with Gasteiger partial charge in [-0.2, -0.15) is 0 Å². The van der Waals surface area contributed by atoms with Crippen LogP contribution in [0.3, 0.4) is 0 Å². The van der Waals surface area contributed by atoms with Crippen molar-refractivity contribution in [1.82, 2.24) is 0 Å². The van der Waals surface area contributed by atoms with Crippen LogP contribution in [0.2, 0.25) is 0 Å². The van der Waals surface area contributed by atoms with Gasteiger partial charge in [0.05, 0.1) is 6.61 Å². The zero-order valence-electron chi connectivity index (χ0n) is 13.5. The molecular weight excluding hydrogens is 319 g/mol. The van der Waals surface area contributed by atoms with E-state index in [0.29, 0.717) is 17.9 Å². The van der Waals surface area contributed by atoms with Gasteiger partial charge in [0.15, 0.2) is 5.78 Å². The Bertz CT molecular complexity index is 623. The molecule has 0 spiro atoms. The van der Waals surface area contributed by atoms with Crippen molar-refractivity contribution in [3.05, 3.63) is 65.7 Å². The van der Waals surface area contributed by atoms with Gasteiger partial charge in [-0.05, 0) is 36.8 Å². The van der Waals surface area contributed by atoms with Gasteiger partial charge in [0, 0.05) is 56.9 Å². The van der Waals surface area contributed by atoms with E-state index < -0.39 is 5.97 Å². The van der Waals surface area contributed by atoms with Crippen molar-refractivity contribution in [2.75, 3.05) is 6.61 Å². The van der Waals surface area contributed by atoms with E-state index in [1.165, 1.54) is 0 Å². The minimum absolute atomic E-state index is 0. The molecule has 1 radical (unpaired) electrons. The molecule has 2 rings (SSSR count). The van der Waals surface area contributed by atoms with Gasteiger partial charge in [0.2, 0.25) is 0 Å². The van der Waals surface area contributed by atoms with Crippen molar-refractivity contribution >= 4 is 63.1 Å². The zero-order chi connectivity index (χ0) is 15.8. The number of carbonyl (C=O) groups is 2. The maximum atomic E-state index is 11.9. The molecule has 0 aromatic heterocycles. The number of benzene rings is 2. The summed E-state index contributed by atoms with van der Waals surface area (Å²) in [5.41, 5.74) is 1.55. The predicted octanol–water partition coefficient (Wildman–Crippen LogP) is 3.02. The van der Waals surface area contributed by atoms with E-state index in [9.17, 15) is 9.59 Å². The van der Waals surface area contributed by atoms with Crippen LogP contribution in [0, 0.1) is 0 Å². The molecule has 115 valence electrons. The summed E-state index contributed by atoms with van der Waals surface area (Å²) in [4.78, 5) is 23.2. The van der Waals surface area contributed by atoms with Gasteiger partial charge in [-0.1, -0.05) is 30.3 Å². The van der Waals surface area contributed by atoms with Gasteiger partial charge < -0.3 is 9.47 Å². The summed E-state index contributed by atoms with van der Waals surface area (Å²) in [6, 6.07) is 16.6. The third-order valence-electron chi connectivity index (χ3n) is 3.03. The average molecular weight is 337 g/mol. The maximum Gasteiger partial charge on any atom is 0.313 e. The van der Waals surface area contributed by atoms with Gasteiger partial charge >= 0.3 is 5.97 Å². The van der Waals surface area contributed by atoms with E-state index in [1.807, 2.05) is 30.3 Å². The normalized spacial score (nSPS) is 9.61. The summed E-state index contributed by atoms with van der Waals surface area (Å²) in [6.07, 6.45) is -0.238. The van der Waals surface area contributed by atoms with E-state index >= 15 is 0 Å². The smallest absolute Gasteiger partial charge is 0.313 e. The Kier molecular flexibility index (Phi) is 9.36. The number of hydrogen-bond donors (Lipinski definition) is 0. The number of carbonyl (C=O) groups excluding carboxylic acids is 2. The molecule has 23 heavy (non-hydrogen) atoms. The standard InChI is InChI=1S/C18H18O4.K/c1-2-21-18(20)12-17(19)15-8-10-16(11-9-15)22-13-14-6-4-3-5-7-14;/h3-11H,2,12-13H2,1H3;. The van der Waals surface area contributed by atoms with E-state index in [1.54, 1.807) is 31.2 Å². The molecule has 0 unspecified atom stereocenters. The van der Waals surface area contributed by atoms with Crippen molar-refractivity contribution in [3.8, 4) is 5.75 Å². The van der Waals surface area contributed by atoms with E-state index in [4.69, 9.17) is 9.47 Å². The Morgan fingerprint density at radius 3 is 2.22 bits per heavy atom. The maximum absolute atomic E-state index is 11.9. The third-order valence-corrected chi connectivity index (χ3v) is 3.03. The molecule has 0 atom stereocenters. The second-order valence-electron chi connectivity index (χ2n) is 4.70. The quantitative estimate of drug-likeness (QED) is 0.337. The van der Waals surface area contributed by atoms with Gasteiger partial charge in [0.25, 0.3) is 0 Å². The average Bonchev–Trinajstić information content (AvgIpc) is 2.54. The summed E-state index contributed by atoms with van der Waals surface area (Å²) in [6.45, 7) is 2.45. The first-order valence-electron chi connectivity index (χ1n) is 7.14. The summed E-state index contributed by atoms with van der Waals surface area (Å²) >= 11 is 0. The van der Waals surface area contributed by atoms with Crippen LogP contribution in [-0.4, -0.2) is 69.7 Å². The summed E-state index contributed by atoms with van der Waals surface area (Å²) in [5.74, 6) is -0.0819. The topological polar surface area (TPSA) is 52.6 Å². The van der Waals surface area contributed by atoms with Crippen LogP contribution in [0.1, 0.15) is 29.3 Å². The molecule has 0 saturated carbocycles. The molecule has 5 heteroatoms. The van der Waals surface area contributed by atoms with Gasteiger partial charge in [-0.15, -0.1) is 0 Å². The summed E-state index contributed by atoms with van der Waals surface area (Å²) in [7, 11) is 0. The first kappa shape index (κ1) is 20.1. The molecule has 0 saturated heterocycles. The molecule has 0 heterocycles. The van der Waals surface area contributed by atoms with Gasteiger partial charge in [-0.3, -0.25) is 9.59 Å². The Balaban J connectivity index is 0.00000264. The summed E-state index contributed by atoms with van der Waals surface area (Å²) in [5, 5.41) is 0. The Morgan fingerprint density at radius 2 is 1.61 bits per heavy atom. The minimum Gasteiger partial charge on any atom is -0.489 e. The fraction of sp³-hybridized carbons (Fsp3) is 0.222. The van der Waals surface area contributed by atoms with Crippen LogP contribution in [0.15, 0.2) is 54.6 Å². The molecule has 4 nitrogen and oxygen atoms in total. The Labute approximate surface area is 178 Å². The molecule has 2 aromatic carbocycles. The largest absolute Gasteiger partial charge is 0.489 e. The van der Waals surface area contributed by atoms with Crippen molar-refractivity contribution < 1.29 is 19.1 Å². The molecule has 2 aromatic rings. The number of ketones is 1. The molecule has 0 bridgehead atoms. The van der Waals surface area contributed by atoms with E-state index in [0.717, 1.165) is 5.56 Å². The van der Waals surface area contributed by atoms with Gasteiger partial charge in [0.1, 0.15) is 18.8 Å². The molecule has 0 N–H and O–H groups in total. The van der Waals surface area contributed by atoms with Crippen LogP contribution in [-0.2, 0) is 16.1 Å². The van der Waals surface area contributed by atoms with Crippen molar-refractivity contribution in [3.63, 3.8) is 0 Å². The first-order valence-corrected chi connectivity index (χ1v) is 7.14. The van der Waals surface area contributed by atoms with Crippen LogP contribution in [0.4, 0.5) is 0 Å². The third kappa shape index (κ3) is 6.97. The Hall–Kier alpha value is -0.984. The number of Topliss-reactive ketones (excluding diaryl/α,β-unsaturated/α-hetero) is 1. The van der Waals surface area contributed by atoms with Crippen LogP contribution in [0.25, 0.3) is 0 Å². The predicted molar refractivity (Wildman–Crippen MR) is 88.6 cm³/mol. The van der Waals surface area contributed by atoms with Crippen LogP contribution < -0.4 is 4.74 Å². The van der Waals surface area contributed by atoms with Crippen LogP contribution >= 0.6 is 0 Å². The SMILES string of the molecule is CCOC(=O)CC(=O)c1ccc(OCc2ccccc2)cc1.[K]. The van der Waals surface area contributed by atoms with Crippen LogP contribution in [0.5, 0.6) is 5.75 Å². The first-order chi connectivity index (χ1) is 10.7. The second-order valence-corrected chi connectivity index (χ2v) is 4.70. The number of ether oxygens (including phenoxy) is 2. The van der Waals surface area contributed by atoms with E-state index in [2.05, 4.69) is 0 Å². The number of rotatable bonds is 7. The fourth-order valence-corrected chi connectivity index (χ4v) is 1.92. The number of esters is 1.